The number of nitrogen functional groups attached to an aromatic ring is 1. The van der Waals surface area contributed by atoms with Crippen molar-refractivity contribution >= 4 is 17.3 Å². The van der Waals surface area contributed by atoms with Crippen LogP contribution in [0.4, 0.5) is 15.8 Å². The predicted molar refractivity (Wildman–Crippen MR) is 73.4 cm³/mol. The van der Waals surface area contributed by atoms with Gasteiger partial charge in [0.1, 0.15) is 5.82 Å². The van der Waals surface area contributed by atoms with Crippen molar-refractivity contribution in [2.45, 2.75) is 0 Å². The fourth-order valence-corrected chi connectivity index (χ4v) is 1.69. The minimum atomic E-state index is -0.563. The third-order valence-electron chi connectivity index (χ3n) is 2.70. The molecule has 20 heavy (non-hydrogen) atoms. The molecule has 0 aliphatic rings. The highest BCUT2D eigenvalue weighted by Gasteiger charge is 2.12. The molecular formula is C14H13FN2O3. The number of ether oxygens (including phenoxy) is 1. The number of carbonyl (C=O) groups excluding carboxylic acids is 1. The van der Waals surface area contributed by atoms with Gasteiger partial charge in [-0.15, -0.1) is 0 Å². The number of benzene rings is 2. The molecule has 0 heterocycles. The summed E-state index contributed by atoms with van der Waals surface area (Å²) in [6, 6.07) is 7.91. The second-order valence-corrected chi connectivity index (χ2v) is 4.07. The number of methoxy groups -OCH3 is 1. The van der Waals surface area contributed by atoms with E-state index in [9.17, 15) is 14.3 Å². The van der Waals surface area contributed by atoms with Gasteiger partial charge in [0.05, 0.1) is 12.7 Å². The number of anilines is 2. The lowest BCUT2D eigenvalue weighted by Crippen LogP contribution is -2.14. The highest BCUT2D eigenvalue weighted by molar-refractivity contribution is 6.07. The Morgan fingerprint density at radius 1 is 1.30 bits per heavy atom. The summed E-state index contributed by atoms with van der Waals surface area (Å²) in [6.07, 6.45) is 0. The van der Waals surface area contributed by atoms with Gasteiger partial charge in [-0.3, -0.25) is 4.79 Å². The van der Waals surface area contributed by atoms with Crippen molar-refractivity contribution < 1.29 is 19.0 Å². The smallest absolute Gasteiger partial charge is 0.257 e. The number of aromatic hydroxyl groups is 1. The number of rotatable bonds is 3. The van der Waals surface area contributed by atoms with Gasteiger partial charge in [0.2, 0.25) is 0 Å². The first-order valence-electron chi connectivity index (χ1n) is 5.74. The van der Waals surface area contributed by atoms with Crippen molar-refractivity contribution in [1.29, 1.82) is 0 Å². The molecule has 1 amide bonds. The van der Waals surface area contributed by atoms with Crippen molar-refractivity contribution in [2.75, 3.05) is 18.2 Å². The number of phenolic OH excluding ortho intramolecular Hbond substituents is 1. The van der Waals surface area contributed by atoms with Crippen molar-refractivity contribution in [2.24, 2.45) is 0 Å². The SMILES string of the molecule is COc1ccc(NC(=O)c2cc(F)ccc2N)cc1O. The molecule has 2 rings (SSSR count). The van der Waals surface area contributed by atoms with E-state index in [1.165, 1.54) is 31.4 Å². The van der Waals surface area contributed by atoms with Crippen LogP contribution in [0.2, 0.25) is 0 Å². The molecule has 0 atom stereocenters. The maximum atomic E-state index is 13.1. The molecule has 0 aliphatic carbocycles. The molecule has 5 nitrogen and oxygen atoms in total. The first kappa shape index (κ1) is 13.7. The van der Waals surface area contributed by atoms with E-state index in [0.29, 0.717) is 5.69 Å². The molecule has 104 valence electrons. The van der Waals surface area contributed by atoms with Gasteiger partial charge in [0, 0.05) is 17.4 Å². The summed E-state index contributed by atoms with van der Waals surface area (Å²) < 4.78 is 18.0. The summed E-state index contributed by atoms with van der Waals surface area (Å²) in [5.41, 5.74) is 6.16. The minimum absolute atomic E-state index is 0.0281. The highest BCUT2D eigenvalue weighted by atomic mass is 19.1. The number of amides is 1. The van der Waals surface area contributed by atoms with E-state index in [1.807, 2.05) is 0 Å². The van der Waals surface area contributed by atoms with Crippen molar-refractivity contribution in [3.05, 3.63) is 47.8 Å². The predicted octanol–water partition coefficient (Wildman–Crippen LogP) is 2.37. The van der Waals surface area contributed by atoms with Gasteiger partial charge >= 0.3 is 0 Å². The maximum Gasteiger partial charge on any atom is 0.257 e. The van der Waals surface area contributed by atoms with E-state index < -0.39 is 11.7 Å². The van der Waals surface area contributed by atoms with Crippen molar-refractivity contribution in [3.63, 3.8) is 0 Å². The zero-order valence-electron chi connectivity index (χ0n) is 10.7. The third kappa shape index (κ3) is 2.80. The summed E-state index contributed by atoms with van der Waals surface area (Å²) in [5.74, 6) is -0.945. The molecule has 0 bridgehead atoms. The molecule has 0 saturated carbocycles. The fourth-order valence-electron chi connectivity index (χ4n) is 1.69. The Morgan fingerprint density at radius 2 is 2.05 bits per heavy atom. The van der Waals surface area contributed by atoms with E-state index in [-0.39, 0.29) is 22.7 Å². The van der Waals surface area contributed by atoms with Crippen molar-refractivity contribution in [1.82, 2.24) is 0 Å². The lowest BCUT2D eigenvalue weighted by atomic mass is 10.1. The van der Waals surface area contributed by atoms with Crippen LogP contribution in [-0.4, -0.2) is 18.1 Å². The fraction of sp³-hybridized carbons (Fsp3) is 0.0714. The number of hydrogen-bond donors (Lipinski definition) is 3. The number of phenols is 1. The molecule has 0 spiro atoms. The van der Waals surface area contributed by atoms with Gasteiger partial charge in [0.25, 0.3) is 5.91 Å². The Labute approximate surface area is 114 Å². The lowest BCUT2D eigenvalue weighted by Gasteiger charge is -2.09. The minimum Gasteiger partial charge on any atom is -0.504 e. The van der Waals surface area contributed by atoms with Crippen LogP contribution in [0.1, 0.15) is 10.4 Å². The average Bonchev–Trinajstić information content (AvgIpc) is 2.41. The summed E-state index contributed by atoms with van der Waals surface area (Å²) in [5, 5.41) is 12.1. The number of nitrogens with one attached hydrogen (secondary N) is 1. The van der Waals surface area contributed by atoms with Gasteiger partial charge in [-0.2, -0.15) is 0 Å². The lowest BCUT2D eigenvalue weighted by molar-refractivity contribution is 0.102. The molecule has 0 fully saturated rings. The Morgan fingerprint density at radius 3 is 2.70 bits per heavy atom. The monoisotopic (exact) mass is 276 g/mol. The van der Waals surface area contributed by atoms with E-state index in [0.717, 1.165) is 6.07 Å². The summed E-state index contributed by atoms with van der Waals surface area (Å²) in [4.78, 5) is 12.0. The highest BCUT2D eigenvalue weighted by Crippen LogP contribution is 2.29. The Kier molecular flexibility index (Phi) is 3.74. The topological polar surface area (TPSA) is 84.6 Å². The number of halogens is 1. The molecule has 6 heteroatoms. The molecule has 2 aromatic carbocycles. The Bertz CT molecular complexity index is 659. The maximum absolute atomic E-state index is 13.1. The van der Waals surface area contributed by atoms with E-state index in [1.54, 1.807) is 6.07 Å². The number of carbonyl (C=O) groups is 1. The molecular weight excluding hydrogens is 263 g/mol. The molecule has 4 N–H and O–H groups in total. The van der Waals surface area contributed by atoms with Gasteiger partial charge in [0.15, 0.2) is 11.5 Å². The van der Waals surface area contributed by atoms with Crippen LogP contribution < -0.4 is 15.8 Å². The van der Waals surface area contributed by atoms with Crippen LogP contribution in [0.15, 0.2) is 36.4 Å². The molecule has 0 radical (unpaired) electrons. The standard InChI is InChI=1S/C14H13FN2O3/c1-20-13-5-3-9(7-12(13)18)17-14(19)10-6-8(15)2-4-11(10)16/h2-7,18H,16H2,1H3,(H,17,19). The first-order valence-corrected chi connectivity index (χ1v) is 5.74. The van der Waals surface area contributed by atoms with Crippen LogP contribution in [0.25, 0.3) is 0 Å². The molecule has 2 aromatic rings. The quantitative estimate of drug-likeness (QED) is 0.751. The van der Waals surface area contributed by atoms with Crippen LogP contribution in [0, 0.1) is 5.82 Å². The Hall–Kier alpha value is -2.76. The molecule has 0 saturated heterocycles. The van der Waals surface area contributed by atoms with Gasteiger partial charge < -0.3 is 20.9 Å². The largest absolute Gasteiger partial charge is 0.504 e. The third-order valence-corrected chi connectivity index (χ3v) is 2.70. The van der Waals surface area contributed by atoms with Gasteiger partial charge in [-0.25, -0.2) is 4.39 Å². The average molecular weight is 276 g/mol. The molecule has 0 aromatic heterocycles. The van der Waals surface area contributed by atoms with Crippen LogP contribution in [-0.2, 0) is 0 Å². The number of nitrogens with two attached hydrogens (primary N) is 1. The van der Waals surface area contributed by atoms with Gasteiger partial charge in [-0.05, 0) is 30.3 Å². The zero-order valence-corrected chi connectivity index (χ0v) is 10.7. The van der Waals surface area contributed by atoms with Crippen LogP contribution in [0.3, 0.4) is 0 Å². The number of hydrogen-bond acceptors (Lipinski definition) is 4. The van der Waals surface area contributed by atoms with E-state index in [4.69, 9.17) is 10.5 Å². The van der Waals surface area contributed by atoms with Crippen molar-refractivity contribution in [3.8, 4) is 11.5 Å². The summed E-state index contributed by atoms with van der Waals surface area (Å²) >= 11 is 0. The molecule has 0 unspecified atom stereocenters. The normalized spacial score (nSPS) is 10.1. The van der Waals surface area contributed by atoms with Crippen LogP contribution >= 0.6 is 0 Å². The second kappa shape index (κ2) is 5.48. The zero-order chi connectivity index (χ0) is 14.7. The summed E-state index contributed by atoms with van der Waals surface area (Å²) in [6.45, 7) is 0. The Balaban J connectivity index is 2.23. The van der Waals surface area contributed by atoms with E-state index >= 15 is 0 Å². The first-order chi connectivity index (χ1) is 9.51. The van der Waals surface area contributed by atoms with Crippen LogP contribution in [0.5, 0.6) is 11.5 Å². The summed E-state index contributed by atoms with van der Waals surface area (Å²) in [7, 11) is 1.42. The van der Waals surface area contributed by atoms with Gasteiger partial charge in [-0.1, -0.05) is 0 Å². The molecule has 0 aliphatic heterocycles. The van der Waals surface area contributed by atoms with E-state index in [2.05, 4.69) is 5.32 Å². The second-order valence-electron chi connectivity index (χ2n) is 4.07.